The first-order chi connectivity index (χ1) is 14.6. The van der Waals surface area contributed by atoms with Gasteiger partial charge in [-0.15, -0.1) is 0 Å². The number of esters is 1. The first-order valence-corrected chi connectivity index (χ1v) is 9.76. The van der Waals surface area contributed by atoms with Crippen molar-refractivity contribution in [1.82, 2.24) is 5.32 Å². The summed E-state index contributed by atoms with van der Waals surface area (Å²) >= 11 is 0. The van der Waals surface area contributed by atoms with Crippen LogP contribution in [0.5, 0.6) is 5.75 Å². The first kappa shape index (κ1) is 23.7. The van der Waals surface area contributed by atoms with Gasteiger partial charge >= 0.3 is 18.0 Å². The summed E-state index contributed by atoms with van der Waals surface area (Å²) in [5.74, 6) is -1.32. The molecule has 1 amide bonds. The van der Waals surface area contributed by atoms with Crippen molar-refractivity contribution in [2.45, 2.75) is 45.4 Å². The summed E-state index contributed by atoms with van der Waals surface area (Å²) in [6.07, 6.45) is -0.812. The van der Waals surface area contributed by atoms with Gasteiger partial charge in [0, 0.05) is 6.42 Å². The second-order valence-corrected chi connectivity index (χ2v) is 7.82. The van der Waals surface area contributed by atoms with E-state index in [1.165, 1.54) is 0 Å². The molecule has 0 spiro atoms. The Morgan fingerprint density at radius 2 is 1.68 bits per heavy atom. The summed E-state index contributed by atoms with van der Waals surface area (Å²) in [6, 6.07) is 14.5. The van der Waals surface area contributed by atoms with E-state index in [0.29, 0.717) is 11.3 Å². The lowest BCUT2D eigenvalue weighted by atomic mass is 10.1. The number of ether oxygens (including phenoxy) is 3. The fourth-order valence-corrected chi connectivity index (χ4v) is 2.62. The lowest BCUT2D eigenvalue weighted by Gasteiger charge is -2.19. The molecule has 0 saturated carbocycles. The molecular weight excluding hydrogens is 402 g/mol. The van der Waals surface area contributed by atoms with E-state index >= 15 is 0 Å². The molecule has 8 nitrogen and oxygen atoms in total. The van der Waals surface area contributed by atoms with E-state index in [9.17, 15) is 19.5 Å². The van der Waals surface area contributed by atoms with Crippen LogP contribution >= 0.6 is 0 Å². The molecule has 0 aliphatic carbocycles. The molecule has 0 radical (unpaired) electrons. The molecule has 8 heteroatoms. The second kappa shape index (κ2) is 11.0. The maximum absolute atomic E-state index is 12.0. The number of alkyl carbamates (subject to hydrolysis) is 1. The fraction of sp³-hybridized carbons (Fsp3) is 0.348. The van der Waals surface area contributed by atoms with E-state index in [2.05, 4.69) is 5.32 Å². The number of carbonyl (C=O) groups is 3. The molecular formula is C23H27NO7. The summed E-state index contributed by atoms with van der Waals surface area (Å²) in [6.45, 7) is 5.04. The minimum Gasteiger partial charge on any atom is -0.482 e. The third-order valence-electron chi connectivity index (χ3n) is 3.92. The van der Waals surface area contributed by atoms with E-state index in [4.69, 9.17) is 14.2 Å². The van der Waals surface area contributed by atoms with E-state index in [1.807, 2.05) is 18.2 Å². The SMILES string of the molecule is CC(C)(C)OC(=O)COc1cccc(C[C@H](NC(=O)OCc2ccccc2)C(=O)O)c1. The summed E-state index contributed by atoms with van der Waals surface area (Å²) in [7, 11) is 0. The van der Waals surface area contributed by atoms with Gasteiger partial charge in [-0.2, -0.15) is 0 Å². The molecule has 166 valence electrons. The van der Waals surface area contributed by atoms with Crippen molar-refractivity contribution in [2.75, 3.05) is 6.61 Å². The molecule has 0 unspecified atom stereocenters. The summed E-state index contributed by atoms with van der Waals surface area (Å²) in [5, 5.41) is 11.8. The average Bonchev–Trinajstić information content (AvgIpc) is 2.70. The van der Waals surface area contributed by atoms with Gasteiger partial charge in [0.05, 0.1) is 0 Å². The zero-order chi connectivity index (χ0) is 22.9. The third-order valence-corrected chi connectivity index (χ3v) is 3.92. The Morgan fingerprint density at radius 3 is 2.32 bits per heavy atom. The molecule has 0 aliphatic heterocycles. The monoisotopic (exact) mass is 429 g/mol. The van der Waals surface area contributed by atoms with E-state index in [1.54, 1.807) is 57.2 Å². The Bertz CT molecular complexity index is 890. The summed E-state index contributed by atoms with van der Waals surface area (Å²) in [5.41, 5.74) is 0.787. The van der Waals surface area contributed by atoms with Crippen LogP contribution < -0.4 is 10.1 Å². The van der Waals surface area contributed by atoms with Crippen molar-refractivity contribution in [3.8, 4) is 5.75 Å². The highest BCUT2D eigenvalue weighted by molar-refractivity contribution is 5.80. The van der Waals surface area contributed by atoms with Gasteiger partial charge in [0.2, 0.25) is 0 Å². The number of nitrogens with one attached hydrogen (secondary N) is 1. The maximum atomic E-state index is 12.0. The number of amides is 1. The minimum absolute atomic E-state index is 0.0133. The van der Waals surface area contributed by atoms with Crippen LogP contribution in [0, 0.1) is 0 Å². The van der Waals surface area contributed by atoms with Crippen LogP contribution in [-0.2, 0) is 32.1 Å². The Hall–Kier alpha value is -3.55. The van der Waals surface area contributed by atoms with Crippen molar-refractivity contribution < 1.29 is 33.7 Å². The molecule has 0 fully saturated rings. The van der Waals surface area contributed by atoms with Gasteiger partial charge in [-0.05, 0) is 44.0 Å². The molecule has 1 atom stereocenters. The van der Waals surface area contributed by atoms with Gasteiger partial charge in [0.25, 0.3) is 0 Å². The van der Waals surface area contributed by atoms with E-state index in [0.717, 1.165) is 5.56 Å². The standard InChI is InChI=1S/C23H27NO7/c1-23(2,3)31-20(25)15-29-18-11-7-10-17(12-18)13-19(21(26)27)24-22(28)30-14-16-8-5-4-6-9-16/h4-12,19H,13-15H2,1-3H3,(H,24,28)(H,26,27)/t19-/m0/s1. The third kappa shape index (κ3) is 9.20. The molecule has 0 heterocycles. The predicted octanol–water partition coefficient (Wildman–Crippen LogP) is 3.33. The Balaban J connectivity index is 1.90. The first-order valence-electron chi connectivity index (χ1n) is 9.76. The van der Waals surface area contributed by atoms with Gasteiger partial charge in [-0.3, -0.25) is 0 Å². The smallest absolute Gasteiger partial charge is 0.408 e. The molecule has 2 N–H and O–H groups in total. The van der Waals surface area contributed by atoms with Gasteiger partial charge in [-0.1, -0.05) is 42.5 Å². The molecule has 31 heavy (non-hydrogen) atoms. The minimum atomic E-state index is -1.20. The number of carbonyl (C=O) groups excluding carboxylic acids is 2. The fourth-order valence-electron chi connectivity index (χ4n) is 2.62. The molecule has 0 aliphatic rings. The topological polar surface area (TPSA) is 111 Å². The van der Waals surface area contributed by atoms with E-state index < -0.39 is 29.7 Å². The number of benzene rings is 2. The number of carboxylic acids is 1. The highest BCUT2D eigenvalue weighted by Crippen LogP contribution is 2.16. The highest BCUT2D eigenvalue weighted by atomic mass is 16.6. The average molecular weight is 429 g/mol. The number of hydrogen-bond donors (Lipinski definition) is 2. The van der Waals surface area contributed by atoms with Crippen LogP contribution in [0.2, 0.25) is 0 Å². The van der Waals surface area contributed by atoms with Crippen LogP contribution in [0.1, 0.15) is 31.9 Å². The maximum Gasteiger partial charge on any atom is 0.408 e. The molecule has 0 saturated heterocycles. The summed E-state index contributed by atoms with van der Waals surface area (Å²) in [4.78, 5) is 35.4. The number of hydrogen-bond acceptors (Lipinski definition) is 6. The van der Waals surface area contributed by atoms with Crippen LogP contribution in [0.3, 0.4) is 0 Å². The van der Waals surface area contributed by atoms with Crippen molar-refractivity contribution in [1.29, 1.82) is 0 Å². The lowest BCUT2D eigenvalue weighted by molar-refractivity contribution is -0.157. The molecule has 2 aromatic carbocycles. The van der Waals surface area contributed by atoms with Gasteiger partial charge in [0.15, 0.2) is 6.61 Å². The molecule has 0 aromatic heterocycles. The molecule has 2 rings (SSSR count). The zero-order valence-electron chi connectivity index (χ0n) is 17.8. The normalized spacial score (nSPS) is 11.8. The van der Waals surface area contributed by atoms with Crippen LogP contribution in [0.15, 0.2) is 54.6 Å². The highest BCUT2D eigenvalue weighted by Gasteiger charge is 2.22. The Morgan fingerprint density at radius 1 is 1.00 bits per heavy atom. The van der Waals surface area contributed by atoms with Gasteiger partial charge < -0.3 is 24.6 Å². The van der Waals surface area contributed by atoms with Crippen LogP contribution in [0.25, 0.3) is 0 Å². The van der Waals surface area contributed by atoms with Crippen molar-refractivity contribution >= 4 is 18.0 Å². The van der Waals surface area contributed by atoms with Gasteiger partial charge in [-0.25, -0.2) is 14.4 Å². The number of aliphatic carboxylic acids is 1. The van der Waals surface area contributed by atoms with Crippen molar-refractivity contribution in [3.63, 3.8) is 0 Å². The quantitative estimate of drug-likeness (QED) is 0.588. The largest absolute Gasteiger partial charge is 0.482 e. The second-order valence-electron chi connectivity index (χ2n) is 7.82. The zero-order valence-corrected chi connectivity index (χ0v) is 17.8. The van der Waals surface area contributed by atoms with Gasteiger partial charge in [0.1, 0.15) is 24.0 Å². The molecule has 0 bridgehead atoms. The Kier molecular flexibility index (Phi) is 8.43. The van der Waals surface area contributed by atoms with Crippen LogP contribution in [-0.4, -0.2) is 41.4 Å². The van der Waals surface area contributed by atoms with E-state index in [-0.39, 0.29) is 19.6 Å². The lowest BCUT2D eigenvalue weighted by Crippen LogP contribution is -2.42. The Labute approximate surface area is 181 Å². The number of carboxylic acid groups (broad SMARTS) is 1. The predicted molar refractivity (Wildman–Crippen MR) is 113 cm³/mol. The van der Waals surface area contributed by atoms with Crippen molar-refractivity contribution in [2.24, 2.45) is 0 Å². The summed E-state index contributed by atoms with van der Waals surface area (Å²) < 4.78 is 15.7. The van der Waals surface area contributed by atoms with Crippen molar-refractivity contribution in [3.05, 3.63) is 65.7 Å². The number of rotatable bonds is 9. The van der Waals surface area contributed by atoms with Crippen LogP contribution in [0.4, 0.5) is 4.79 Å². The molecule has 2 aromatic rings.